The van der Waals surface area contributed by atoms with E-state index in [1.54, 1.807) is 23.1 Å². The summed E-state index contributed by atoms with van der Waals surface area (Å²) in [5.74, 6) is -1.06. The molecule has 1 saturated heterocycles. The summed E-state index contributed by atoms with van der Waals surface area (Å²) in [5.41, 5.74) is 0.600. The Morgan fingerprint density at radius 3 is 2.70 bits per heavy atom. The van der Waals surface area contributed by atoms with Gasteiger partial charge in [0.1, 0.15) is 12.4 Å². The van der Waals surface area contributed by atoms with Crippen molar-refractivity contribution < 1.29 is 26.7 Å². The normalized spacial score (nSPS) is 20.0. The maximum absolute atomic E-state index is 12.9. The number of hydrogen-bond donors (Lipinski definition) is 0. The van der Waals surface area contributed by atoms with Gasteiger partial charge in [0.25, 0.3) is 6.43 Å². The van der Waals surface area contributed by atoms with Crippen molar-refractivity contribution in [3.05, 3.63) is 28.2 Å². The van der Waals surface area contributed by atoms with E-state index >= 15 is 0 Å². The van der Waals surface area contributed by atoms with Crippen LogP contribution in [0.5, 0.6) is 5.75 Å². The summed E-state index contributed by atoms with van der Waals surface area (Å²) in [5, 5.41) is 0. The Balaban J connectivity index is 2.07. The lowest BCUT2D eigenvalue weighted by molar-refractivity contribution is -0.187. The van der Waals surface area contributed by atoms with Gasteiger partial charge in [0.15, 0.2) is 0 Å². The quantitative estimate of drug-likeness (QED) is 0.652. The molecule has 1 aliphatic heterocycles. The van der Waals surface area contributed by atoms with E-state index in [1.165, 1.54) is 0 Å². The molecule has 1 atom stereocenters. The molecule has 130 valence electrons. The summed E-state index contributed by atoms with van der Waals surface area (Å²) < 4.78 is 69.0. The van der Waals surface area contributed by atoms with Gasteiger partial charge in [-0.2, -0.15) is 13.2 Å². The van der Waals surface area contributed by atoms with Crippen LogP contribution in [0.3, 0.4) is 0 Å². The van der Waals surface area contributed by atoms with Crippen molar-refractivity contribution in [1.82, 2.24) is 4.90 Å². The molecule has 0 N–H and O–H groups in total. The number of rotatable bonds is 5. The minimum absolute atomic E-state index is 0.0791. The van der Waals surface area contributed by atoms with Crippen LogP contribution in [0.2, 0.25) is 0 Å². The molecule has 0 spiro atoms. The van der Waals surface area contributed by atoms with E-state index in [1.807, 2.05) is 0 Å². The maximum Gasteiger partial charge on any atom is 0.393 e. The Morgan fingerprint density at radius 2 is 2.04 bits per heavy atom. The molecule has 1 aromatic carbocycles. The van der Waals surface area contributed by atoms with E-state index in [4.69, 9.17) is 4.74 Å². The number of alkyl halides is 5. The smallest absolute Gasteiger partial charge is 0.393 e. The zero-order valence-corrected chi connectivity index (χ0v) is 13.8. The first-order chi connectivity index (χ1) is 10.8. The molecule has 1 heterocycles. The molecule has 1 fully saturated rings. The second-order valence-electron chi connectivity index (χ2n) is 5.57. The Morgan fingerprint density at radius 1 is 1.30 bits per heavy atom. The number of nitrogens with zero attached hydrogens (tertiary/aromatic N) is 1. The minimum atomic E-state index is -4.20. The van der Waals surface area contributed by atoms with Crippen LogP contribution >= 0.6 is 15.9 Å². The molecule has 2 nitrogen and oxygen atoms in total. The van der Waals surface area contributed by atoms with Crippen LogP contribution in [0.25, 0.3) is 0 Å². The average Bonchev–Trinajstić information content (AvgIpc) is 2.45. The second-order valence-corrected chi connectivity index (χ2v) is 6.49. The largest absolute Gasteiger partial charge is 0.487 e. The molecule has 0 aromatic heterocycles. The van der Waals surface area contributed by atoms with Gasteiger partial charge < -0.3 is 4.74 Å². The van der Waals surface area contributed by atoms with E-state index in [0.29, 0.717) is 18.5 Å². The summed E-state index contributed by atoms with van der Waals surface area (Å²) in [6.07, 6.45) is -6.21. The molecule has 0 radical (unpaired) electrons. The van der Waals surface area contributed by atoms with Crippen LogP contribution in [-0.4, -0.2) is 37.2 Å². The molecule has 0 aliphatic carbocycles. The van der Waals surface area contributed by atoms with Crippen LogP contribution in [0.15, 0.2) is 22.7 Å². The van der Waals surface area contributed by atoms with E-state index < -0.39 is 25.1 Å². The summed E-state index contributed by atoms with van der Waals surface area (Å²) in [4.78, 5) is 1.69. The summed E-state index contributed by atoms with van der Waals surface area (Å²) in [7, 11) is 0. The van der Waals surface area contributed by atoms with Crippen molar-refractivity contribution in [3.8, 4) is 5.75 Å². The molecule has 0 amide bonds. The highest BCUT2D eigenvalue weighted by atomic mass is 79.9. The molecule has 23 heavy (non-hydrogen) atoms. The van der Waals surface area contributed by atoms with Gasteiger partial charge in [-0.1, -0.05) is 15.9 Å². The number of benzene rings is 1. The fourth-order valence-electron chi connectivity index (χ4n) is 2.67. The fraction of sp³-hybridized carbons (Fsp3) is 0.600. The Hall–Kier alpha value is -0.890. The summed E-state index contributed by atoms with van der Waals surface area (Å²) in [6, 6.07) is 4.89. The summed E-state index contributed by atoms with van der Waals surface area (Å²) >= 11 is 3.28. The number of likely N-dealkylation sites (tertiary alicyclic amines) is 1. The fourth-order valence-corrected chi connectivity index (χ4v) is 3.08. The van der Waals surface area contributed by atoms with Gasteiger partial charge in [-0.3, -0.25) is 4.90 Å². The molecular formula is C15H17BrF5NO. The standard InChI is InChI=1S/C15H17BrF5NO/c16-12-3-4-13(23-9-14(17)18)10(6-12)7-22-5-1-2-11(8-22)15(19,20)21/h3-4,6,11,14H,1-2,5,7-9H2. The van der Waals surface area contributed by atoms with Crippen LogP contribution in [-0.2, 0) is 6.54 Å². The number of halogens is 6. The van der Waals surface area contributed by atoms with Gasteiger partial charge in [-0.25, -0.2) is 8.78 Å². The SMILES string of the molecule is FC(F)COc1ccc(Br)cc1CN1CCCC(C(F)(F)F)C1. The molecule has 1 unspecified atom stereocenters. The first kappa shape index (κ1) is 18.4. The third-order valence-electron chi connectivity index (χ3n) is 3.75. The Kier molecular flexibility index (Phi) is 6.25. The van der Waals surface area contributed by atoms with E-state index in [2.05, 4.69) is 15.9 Å². The molecule has 1 aliphatic rings. The predicted octanol–water partition coefficient (Wildman–Crippen LogP) is 4.87. The van der Waals surface area contributed by atoms with Gasteiger partial charge >= 0.3 is 6.18 Å². The highest BCUT2D eigenvalue weighted by Crippen LogP contribution is 2.34. The van der Waals surface area contributed by atoms with Crippen LogP contribution < -0.4 is 4.74 Å². The van der Waals surface area contributed by atoms with Gasteiger partial charge in [-0.05, 0) is 37.6 Å². The highest BCUT2D eigenvalue weighted by molar-refractivity contribution is 9.10. The maximum atomic E-state index is 12.9. The highest BCUT2D eigenvalue weighted by Gasteiger charge is 2.41. The second kappa shape index (κ2) is 7.79. The van der Waals surface area contributed by atoms with Crippen molar-refractivity contribution in [2.75, 3.05) is 19.7 Å². The van der Waals surface area contributed by atoms with Crippen LogP contribution in [0, 0.1) is 5.92 Å². The molecule has 0 bridgehead atoms. The molecule has 2 rings (SSSR count). The van der Waals surface area contributed by atoms with E-state index in [9.17, 15) is 22.0 Å². The minimum Gasteiger partial charge on any atom is -0.487 e. The predicted molar refractivity (Wildman–Crippen MR) is 79.7 cm³/mol. The van der Waals surface area contributed by atoms with Gasteiger partial charge in [0.05, 0.1) is 5.92 Å². The summed E-state index contributed by atoms with van der Waals surface area (Å²) in [6.45, 7) is -0.0257. The topological polar surface area (TPSA) is 12.5 Å². The van der Waals surface area contributed by atoms with Crippen LogP contribution in [0.4, 0.5) is 22.0 Å². The van der Waals surface area contributed by atoms with E-state index in [-0.39, 0.29) is 25.3 Å². The number of ether oxygens (including phenoxy) is 1. The van der Waals surface area contributed by atoms with Crippen molar-refractivity contribution in [2.24, 2.45) is 5.92 Å². The van der Waals surface area contributed by atoms with Crippen molar-refractivity contribution in [3.63, 3.8) is 0 Å². The lowest BCUT2D eigenvalue weighted by atomic mass is 9.97. The molecule has 8 heteroatoms. The Bertz CT molecular complexity index is 523. The third-order valence-corrected chi connectivity index (χ3v) is 4.24. The average molecular weight is 402 g/mol. The Labute approximate surface area is 139 Å². The number of piperidine rings is 1. The van der Waals surface area contributed by atoms with E-state index in [0.717, 1.165) is 4.47 Å². The zero-order valence-electron chi connectivity index (χ0n) is 12.3. The molecule has 0 saturated carbocycles. The third kappa shape index (κ3) is 5.60. The van der Waals surface area contributed by atoms with Crippen LogP contribution in [0.1, 0.15) is 18.4 Å². The molecule has 1 aromatic rings. The number of hydrogen-bond acceptors (Lipinski definition) is 2. The van der Waals surface area contributed by atoms with Crippen molar-refractivity contribution in [2.45, 2.75) is 32.0 Å². The lowest BCUT2D eigenvalue weighted by Crippen LogP contribution is -2.41. The van der Waals surface area contributed by atoms with Gasteiger partial charge in [0.2, 0.25) is 0 Å². The van der Waals surface area contributed by atoms with Crippen molar-refractivity contribution in [1.29, 1.82) is 0 Å². The first-order valence-corrected chi connectivity index (χ1v) is 8.03. The molecular weight excluding hydrogens is 385 g/mol. The van der Waals surface area contributed by atoms with Gasteiger partial charge in [0, 0.05) is 23.1 Å². The van der Waals surface area contributed by atoms with Gasteiger partial charge in [-0.15, -0.1) is 0 Å². The lowest BCUT2D eigenvalue weighted by Gasteiger charge is -2.34. The zero-order chi connectivity index (χ0) is 17.0. The first-order valence-electron chi connectivity index (χ1n) is 7.24. The monoisotopic (exact) mass is 401 g/mol. The van der Waals surface area contributed by atoms with Crippen molar-refractivity contribution >= 4 is 15.9 Å².